The van der Waals surface area contributed by atoms with Crippen molar-refractivity contribution < 1.29 is 18.0 Å². The van der Waals surface area contributed by atoms with E-state index in [1.807, 2.05) is 0 Å². The number of carbonyl (C=O) groups excluding carboxylic acids is 2. The summed E-state index contributed by atoms with van der Waals surface area (Å²) in [5, 5.41) is 5.26. The smallest absolute Gasteiger partial charge is 0.271 e. The summed E-state index contributed by atoms with van der Waals surface area (Å²) < 4.78 is 28.2. The highest BCUT2D eigenvalue weighted by molar-refractivity contribution is 7.89. The molecule has 10 heteroatoms. The first kappa shape index (κ1) is 18.1. The maximum atomic E-state index is 12.7. The molecule has 0 aliphatic carbocycles. The molecule has 0 saturated heterocycles. The van der Waals surface area contributed by atoms with Crippen LogP contribution in [0.2, 0.25) is 0 Å². The molecule has 2 N–H and O–H groups in total. The first-order chi connectivity index (χ1) is 12.3. The summed E-state index contributed by atoms with van der Waals surface area (Å²) in [6, 6.07) is 6.59. The summed E-state index contributed by atoms with van der Waals surface area (Å²) in [7, 11) is -2.20. The van der Waals surface area contributed by atoms with Crippen LogP contribution in [0.5, 0.6) is 0 Å². The van der Waals surface area contributed by atoms with Crippen LogP contribution in [-0.2, 0) is 21.4 Å². The highest BCUT2D eigenvalue weighted by atomic mass is 32.2. The Labute approximate surface area is 151 Å². The fraction of sp³-hybridized carbons (Fsp3) is 0.312. The van der Waals surface area contributed by atoms with Gasteiger partial charge in [-0.3, -0.25) is 14.2 Å². The van der Waals surface area contributed by atoms with Gasteiger partial charge >= 0.3 is 0 Å². The molecule has 0 bridgehead atoms. The molecule has 2 heterocycles. The second-order valence-corrected chi connectivity index (χ2v) is 7.89. The van der Waals surface area contributed by atoms with Gasteiger partial charge in [0.2, 0.25) is 15.9 Å². The Bertz CT molecular complexity index is 967. The summed E-state index contributed by atoms with van der Waals surface area (Å²) >= 11 is 0. The van der Waals surface area contributed by atoms with Crippen molar-refractivity contribution in [1.82, 2.24) is 24.5 Å². The minimum atomic E-state index is -3.66. The van der Waals surface area contributed by atoms with Gasteiger partial charge in [-0.2, -0.15) is 4.31 Å². The molecule has 0 radical (unpaired) electrons. The Hall–Kier alpha value is -2.72. The Morgan fingerprint density at radius 3 is 2.62 bits per heavy atom. The Balaban J connectivity index is 1.93. The molecule has 1 aromatic heterocycles. The highest BCUT2D eigenvalue weighted by Gasteiger charge is 2.32. The van der Waals surface area contributed by atoms with Gasteiger partial charge in [-0.1, -0.05) is 12.1 Å². The number of imidazole rings is 1. The number of aromatic nitrogens is 2. The van der Waals surface area contributed by atoms with Gasteiger partial charge < -0.3 is 10.6 Å². The van der Waals surface area contributed by atoms with Crippen molar-refractivity contribution >= 4 is 21.8 Å². The van der Waals surface area contributed by atoms with Crippen LogP contribution in [0.15, 0.2) is 35.5 Å². The van der Waals surface area contributed by atoms with Gasteiger partial charge in [0, 0.05) is 27.1 Å². The van der Waals surface area contributed by atoms with E-state index < -0.39 is 15.9 Å². The first-order valence-corrected chi connectivity index (χ1v) is 9.41. The van der Waals surface area contributed by atoms with Gasteiger partial charge in [0.05, 0.1) is 17.9 Å². The van der Waals surface area contributed by atoms with E-state index in [4.69, 9.17) is 0 Å². The molecule has 0 saturated carbocycles. The van der Waals surface area contributed by atoms with Gasteiger partial charge in [0.25, 0.3) is 5.91 Å². The number of hydrogen-bond donors (Lipinski definition) is 2. The number of fused-ring (bicyclic) bond motifs is 3. The molecule has 1 aliphatic rings. The average Bonchev–Trinajstić information content (AvgIpc) is 2.98. The SMILES string of the molecule is CC(=O)NCCNC(=O)c1ncn2c1CN(C)S(=O)(=O)c1ccccc1-2. The van der Waals surface area contributed by atoms with Crippen molar-refractivity contribution in [2.24, 2.45) is 0 Å². The van der Waals surface area contributed by atoms with E-state index >= 15 is 0 Å². The molecule has 138 valence electrons. The molecular weight excluding hydrogens is 358 g/mol. The number of para-hydroxylation sites is 1. The molecule has 1 aliphatic heterocycles. The minimum Gasteiger partial charge on any atom is -0.355 e. The standard InChI is InChI=1S/C16H19N5O4S/c1-11(22)17-7-8-18-16(23)15-13-9-20(2)26(24,25)14-6-4-3-5-12(14)21(13)10-19-15/h3-6,10H,7-9H2,1-2H3,(H,17,22)(H,18,23). The zero-order valence-corrected chi connectivity index (χ0v) is 15.2. The van der Waals surface area contributed by atoms with Crippen LogP contribution in [0.25, 0.3) is 5.69 Å². The van der Waals surface area contributed by atoms with Crippen LogP contribution in [-0.4, -0.2) is 54.2 Å². The quantitative estimate of drug-likeness (QED) is 0.721. The van der Waals surface area contributed by atoms with Crippen LogP contribution in [0.4, 0.5) is 0 Å². The van der Waals surface area contributed by atoms with Gasteiger partial charge in [0.1, 0.15) is 11.2 Å². The summed E-state index contributed by atoms with van der Waals surface area (Å²) in [5.41, 5.74) is 1.10. The molecule has 0 fully saturated rings. The van der Waals surface area contributed by atoms with Gasteiger partial charge in [-0.25, -0.2) is 13.4 Å². The van der Waals surface area contributed by atoms with Crippen molar-refractivity contribution in [2.45, 2.75) is 18.4 Å². The summed E-state index contributed by atoms with van der Waals surface area (Å²) in [4.78, 5) is 27.6. The average molecular weight is 377 g/mol. The zero-order chi connectivity index (χ0) is 18.9. The van der Waals surface area contributed by atoms with Crippen LogP contribution in [0, 0.1) is 0 Å². The number of rotatable bonds is 4. The fourth-order valence-electron chi connectivity index (χ4n) is 2.76. The van der Waals surface area contributed by atoms with Gasteiger partial charge in [-0.15, -0.1) is 0 Å². The molecular formula is C16H19N5O4S. The molecule has 26 heavy (non-hydrogen) atoms. The third-order valence-electron chi connectivity index (χ3n) is 4.05. The lowest BCUT2D eigenvalue weighted by Crippen LogP contribution is -2.34. The zero-order valence-electron chi connectivity index (χ0n) is 14.4. The first-order valence-electron chi connectivity index (χ1n) is 7.97. The van der Waals surface area contributed by atoms with E-state index in [0.717, 1.165) is 0 Å². The predicted octanol–water partition coefficient (Wildman–Crippen LogP) is -0.128. The van der Waals surface area contributed by atoms with Crippen molar-refractivity contribution in [3.63, 3.8) is 0 Å². The number of benzene rings is 1. The molecule has 9 nitrogen and oxygen atoms in total. The van der Waals surface area contributed by atoms with Crippen LogP contribution in [0.1, 0.15) is 23.1 Å². The van der Waals surface area contributed by atoms with Gasteiger partial charge in [0.15, 0.2) is 5.69 Å². The van der Waals surface area contributed by atoms with E-state index in [0.29, 0.717) is 17.9 Å². The monoisotopic (exact) mass is 377 g/mol. The maximum absolute atomic E-state index is 12.7. The third kappa shape index (κ3) is 3.20. The molecule has 3 rings (SSSR count). The van der Waals surface area contributed by atoms with Crippen LogP contribution in [0.3, 0.4) is 0 Å². The minimum absolute atomic E-state index is 0.0193. The van der Waals surface area contributed by atoms with Crippen LogP contribution < -0.4 is 10.6 Å². The second-order valence-electron chi connectivity index (χ2n) is 5.88. The van der Waals surface area contributed by atoms with E-state index in [1.165, 1.54) is 30.7 Å². The second kappa shape index (κ2) is 6.89. The largest absolute Gasteiger partial charge is 0.355 e. The Morgan fingerprint density at radius 2 is 1.88 bits per heavy atom. The molecule has 1 aromatic carbocycles. The van der Waals surface area contributed by atoms with E-state index in [-0.39, 0.29) is 29.6 Å². The normalized spacial score (nSPS) is 15.5. The molecule has 2 aromatic rings. The molecule has 0 unspecified atom stereocenters. The summed E-state index contributed by atoms with van der Waals surface area (Å²) in [6.07, 6.45) is 1.45. The van der Waals surface area contributed by atoms with Crippen molar-refractivity contribution in [3.8, 4) is 5.69 Å². The van der Waals surface area contributed by atoms with E-state index in [1.54, 1.807) is 22.8 Å². The number of nitrogens with zero attached hydrogens (tertiary/aromatic N) is 3. The topological polar surface area (TPSA) is 113 Å². The van der Waals surface area contributed by atoms with Crippen LogP contribution >= 0.6 is 0 Å². The molecule has 2 amide bonds. The van der Waals surface area contributed by atoms with Crippen molar-refractivity contribution in [3.05, 3.63) is 42.0 Å². The van der Waals surface area contributed by atoms with Gasteiger partial charge in [-0.05, 0) is 12.1 Å². The lowest BCUT2D eigenvalue weighted by molar-refractivity contribution is -0.118. The fourth-order valence-corrected chi connectivity index (χ4v) is 4.07. The number of hydrogen-bond acceptors (Lipinski definition) is 5. The third-order valence-corrected chi connectivity index (χ3v) is 5.90. The lowest BCUT2D eigenvalue weighted by atomic mass is 10.2. The lowest BCUT2D eigenvalue weighted by Gasteiger charge is -2.14. The predicted molar refractivity (Wildman–Crippen MR) is 93.2 cm³/mol. The number of carbonyl (C=O) groups is 2. The number of sulfonamides is 1. The van der Waals surface area contributed by atoms with E-state index in [9.17, 15) is 18.0 Å². The molecule has 0 spiro atoms. The Morgan fingerprint density at radius 1 is 1.19 bits per heavy atom. The summed E-state index contributed by atoms with van der Waals surface area (Å²) in [6.45, 7) is 1.96. The maximum Gasteiger partial charge on any atom is 0.271 e. The highest BCUT2D eigenvalue weighted by Crippen LogP contribution is 2.30. The van der Waals surface area contributed by atoms with Crippen molar-refractivity contribution in [1.29, 1.82) is 0 Å². The number of nitrogens with one attached hydrogen (secondary N) is 2. The molecule has 0 atom stereocenters. The van der Waals surface area contributed by atoms with Crippen molar-refractivity contribution in [2.75, 3.05) is 20.1 Å². The van der Waals surface area contributed by atoms with E-state index in [2.05, 4.69) is 15.6 Å². The number of amides is 2. The summed E-state index contributed by atoms with van der Waals surface area (Å²) in [5.74, 6) is -0.604. The Kier molecular flexibility index (Phi) is 4.79.